The fourth-order valence-corrected chi connectivity index (χ4v) is 7.28. The molecule has 4 heteroatoms. The van der Waals surface area contributed by atoms with Gasteiger partial charge in [-0.1, -0.05) is 12.1 Å². The van der Waals surface area contributed by atoms with E-state index in [0.717, 1.165) is 42.5 Å². The summed E-state index contributed by atoms with van der Waals surface area (Å²) in [4.78, 5) is 4.97. The molecule has 4 aliphatic carbocycles. The molecule has 0 aromatic heterocycles. The second-order valence-corrected chi connectivity index (χ2v) is 10.3. The van der Waals surface area contributed by atoms with Gasteiger partial charge < -0.3 is 15.1 Å². The highest BCUT2D eigenvalue weighted by Gasteiger charge is 2.51. The average molecular weight is 384 g/mol. The van der Waals surface area contributed by atoms with Crippen molar-refractivity contribution < 1.29 is 0 Å². The van der Waals surface area contributed by atoms with Crippen molar-refractivity contribution in [3.05, 3.63) is 29.8 Å². The minimum atomic E-state index is 0.322. The molecule has 1 aliphatic heterocycles. The molecule has 6 rings (SSSR count). The lowest BCUT2D eigenvalue weighted by molar-refractivity contribution is -0.0113. The van der Waals surface area contributed by atoms with Gasteiger partial charge in [-0.15, -0.1) is 0 Å². The number of benzene rings is 1. The van der Waals surface area contributed by atoms with E-state index in [1.165, 1.54) is 49.8 Å². The Morgan fingerprint density at radius 1 is 1.07 bits per heavy atom. The smallest absolute Gasteiger partial charge is 0.169 e. The number of aryl methyl sites for hydroxylation is 1. The molecule has 3 nitrogen and oxygen atoms in total. The Bertz CT molecular complexity index is 695. The fourth-order valence-electron chi connectivity index (χ4n) is 6.90. The van der Waals surface area contributed by atoms with E-state index in [2.05, 4.69) is 53.2 Å². The molecule has 1 unspecified atom stereocenters. The first kappa shape index (κ1) is 17.8. The van der Waals surface area contributed by atoms with Crippen LogP contribution in [-0.4, -0.2) is 41.2 Å². The highest BCUT2D eigenvalue weighted by molar-refractivity contribution is 7.80. The number of hydrogen-bond acceptors (Lipinski definition) is 2. The first-order valence-corrected chi connectivity index (χ1v) is 11.3. The van der Waals surface area contributed by atoms with Crippen LogP contribution in [0.15, 0.2) is 24.3 Å². The topological polar surface area (TPSA) is 18.5 Å². The Hall–Kier alpha value is -1.29. The second-order valence-electron chi connectivity index (χ2n) is 9.96. The van der Waals surface area contributed by atoms with Gasteiger partial charge in [0.05, 0.1) is 0 Å². The van der Waals surface area contributed by atoms with Crippen LogP contribution < -0.4 is 10.2 Å². The van der Waals surface area contributed by atoms with Gasteiger partial charge in [-0.05, 0) is 100 Å². The molecular formula is C23H33N3S. The summed E-state index contributed by atoms with van der Waals surface area (Å²) in [5, 5.41) is 4.94. The first-order chi connectivity index (χ1) is 13.0. The SMILES string of the molecule is Cc1cccc(N2CCN(C(=S)NC34CC5CC(CC(C5)C3)C4)CC2C)c1. The van der Waals surface area contributed by atoms with Gasteiger partial charge in [0.15, 0.2) is 5.11 Å². The van der Waals surface area contributed by atoms with Crippen LogP contribution in [0.25, 0.3) is 0 Å². The van der Waals surface area contributed by atoms with E-state index in [0.29, 0.717) is 11.6 Å². The summed E-state index contributed by atoms with van der Waals surface area (Å²) in [6.45, 7) is 7.60. The predicted molar refractivity (Wildman–Crippen MR) is 116 cm³/mol. The van der Waals surface area contributed by atoms with E-state index in [1.807, 2.05) is 0 Å². The normalized spacial score (nSPS) is 37.6. The number of thiocarbonyl (C=S) groups is 1. The summed E-state index contributed by atoms with van der Waals surface area (Å²) in [7, 11) is 0. The Morgan fingerprint density at radius 2 is 1.74 bits per heavy atom. The third kappa shape index (κ3) is 3.35. The zero-order valence-electron chi connectivity index (χ0n) is 16.8. The van der Waals surface area contributed by atoms with Crippen LogP contribution in [0.1, 0.15) is 51.0 Å². The first-order valence-electron chi connectivity index (χ1n) is 10.9. The second kappa shape index (κ2) is 6.65. The molecule has 1 heterocycles. The number of hydrogen-bond donors (Lipinski definition) is 1. The highest BCUT2D eigenvalue weighted by atomic mass is 32.1. The Balaban J connectivity index is 1.24. The van der Waals surface area contributed by atoms with Crippen molar-refractivity contribution in [3.63, 3.8) is 0 Å². The number of piperazine rings is 1. The quantitative estimate of drug-likeness (QED) is 0.765. The molecule has 1 N–H and O–H groups in total. The molecular weight excluding hydrogens is 350 g/mol. The van der Waals surface area contributed by atoms with Crippen LogP contribution in [0.2, 0.25) is 0 Å². The van der Waals surface area contributed by atoms with Crippen molar-refractivity contribution in [1.82, 2.24) is 10.2 Å². The predicted octanol–water partition coefficient (Wildman–Crippen LogP) is 4.35. The molecule has 0 radical (unpaired) electrons. The van der Waals surface area contributed by atoms with Gasteiger partial charge in [-0.3, -0.25) is 0 Å². The van der Waals surface area contributed by atoms with Crippen LogP contribution >= 0.6 is 12.2 Å². The van der Waals surface area contributed by atoms with Crippen molar-refractivity contribution in [2.75, 3.05) is 24.5 Å². The lowest BCUT2D eigenvalue weighted by atomic mass is 9.53. The minimum Gasteiger partial charge on any atom is -0.365 e. The number of nitrogens with zero attached hydrogens (tertiary/aromatic N) is 2. The Kier molecular flexibility index (Phi) is 4.38. The van der Waals surface area contributed by atoms with Crippen LogP contribution in [0.5, 0.6) is 0 Å². The molecule has 5 fully saturated rings. The van der Waals surface area contributed by atoms with Crippen LogP contribution in [0.3, 0.4) is 0 Å². The molecule has 4 bridgehead atoms. The van der Waals surface area contributed by atoms with Gasteiger partial charge >= 0.3 is 0 Å². The van der Waals surface area contributed by atoms with Crippen LogP contribution in [0.4, 0.5) is 5.69 Å². The number of rotatable bonds is 2. The van der Waals surface area contributed by atoms with Gasteiger partial charge in [-0.2, -0.15) is 0 Å². The maximum Gasteiger partial charge on any atom is 0.169 e. The molecule has 0 amide bonds. The average Bonchev–Trinajstić information content (AvgIpc) is 2.60. The molecule has 1 aromatic carbocycles. The van der Waals surface area contributed by atoms with Crippen molar-refractivity contribution in [2.45, 2.75) is 64.0 Å². The number of anilines is 1. The lowest BCUT2D eigenvalue weighted by Gasteiger charge is -2.57. The lowest BCUT2D eigenvalue weighted by Crippen LogP contribution is -2.64. The summed E-state index contributed by atoms with van der Waals surface area (Å²) >= 11 is 5.93. The zero-order chi connectivity index (χ0) is 18.6. The Morgan fingerprint density at radius 3 is 2.33 bits per heavy atom. The van der Waals surface area contributed by atoms with E-state index in [4.69, 9.17) is 12.2 Å². The maximum absolute atomic E-state index is 5.93. The van der Waals surface area contributed by atoms with Crippen molar-refractivity contribution in [3.8, 4) is 0 Å². The summed E-state index contributed by atoms with van der Waals surface area (Å²) < 4.78 is 0. The zero-order valence-corrected chi connectivity index (χ0v) is 17.6. The van der Waals surface area contributed by atoms with Crippen LogP contribution in [0, 0.1) is 24.7 Å². The summed E-state index contributed by atoms with van der Waals surface area (Å²) in [5.74, 6) is 2.89. The van der Waals surface area contributed by atoms with E-state index in [-0.39, 0.29) is 0 Å². The molecule has 5 aliphatic rings. The van der Waals surface area contributed by atoms with Gasteiger partial charge in [0.2, 0.25) is 0 Å². The molecule has 4 saturated carbocycles. The third-order valence-electron chi connectivity index (χ3n) is 7.66. The molecule has 27 heavy (non-hydrogen) atoms. The Labute approximate surface area is 169 Å². The summed E-state index contributed by atoms with van der Waals surface area (Å²) in [6, 6.07) is 9.37. The fraction of sp³-hybridized carbons (Fsp3) is 0.696. The third-order valence-corrected chi connectivity index (χ3v) is 8.02. The highest BCUT2D eigenvalue weighted by Crippen LogP contribution is 2.55. The van der Waals surface area contributed by atoms with E-state index >= 15 is 0 Å². The minimum absolute atomic E-state index is 0.322. The molecule has 1 aromatic rings. The van der Waals surface area contributed by atoms with Crippen molar-refractivity contribution in [1.29, 1.82) is 0 Å². The number of nitrogens with one attached hydrogen (secondary N) is 1. The van der Waals surface area contributed by atoms with Crippen molar-refractivity contribution in [2.24, 2.45) is 17.8 Å². The van der Waals surface area contributed by atoms with Gasteiger partial charge in [0.25, 0.3) is 0 Å². The standard InChI is InChI=1S/C23H33N3S/c1-16-4-3-5-21(8-16)26-7-6-25(15-17(26)2)22(27)24-23-12-18-9-19(13-23)11-20(10-18)14-23/h3-5,8,17-20H,6-7,9-15H2,1-2H3,(H,24,27). The van der Waals surface area contributed by atoms with Gasteiger partial charge in [0, 0.05) is 36.9 Å². The molecule has 1 saturated heterocycles. The van der Waals surface area contributed by atoms with Gasteiger partial charge in [-0.25, -0.2) is 0 Å². The van der Waals surface area contributed by atoms with Gasteiger partial charge in [0.1, 0.15) is 0 Å². The maximum atomic E-state index is 5.93. The largest absolute Gasteiger partial charge is 0.365 e. The van der Waals surface area contributed by atoms with E-state index < -0.39 is 0 Å². The summed E-state index contributed by atoms with van der Waals surface area (Å²) in [5.41, 5.74) is 3.01. The summed E-state index contributed by atoms with van der Waals surface area (Å²) in [6.07, 6.45) is 8.54. The van der Waals surface area contributed by atoms with E-state index in [1.54, 1.807) is 0 Å². The molecule has 1 atom stereocenters. The molecule has 146 valence electrons. The molecule has 0 spiro atoms. The van der Waals surface area contributed by atoms with Crippen LogP contribution in [-0.2, 0) is 0 Å². The van der Waals surface area contributed by atoms with Crippen molar-refractivity contribution >= 4 is 23.0 Å². The van der Waals surface area contributed by atoms with E-state index in [9.17, 15) is 0 Å². The monoisotopic (exact) mass is 383 g/mol.